The molecule has 0 saturated carbocycles. The fourth-order valence-electron chi connectivity index (χ4n) is 3.46. The van der Waals surface area contributed by atoms with E-state index >= 15 is 0 Å². The van der Waals surface area contributed by atoms with E-state index in [1.807, 2.05) is 62.4 Å². The molecule has 5 heteroatoms. The smallest absolute Gasteiger partial charge is 0.268 e. The summed E-state index contributed by atoms with van der Waals surface area (Å²) in [4.78, 5) is 24.4. The first-order valence-corrected chi connectivity index (χ1v) is 9.22. The maximum absolute atomic E-state index is 13.3. The minimum absolute atomic E-state index is 0.0656. The van der Waals surface area contributed by atoms with Crippen molar-refractivity contribution in [3.63, 3.8) is 0 Å². The van der Waals surface area contributed by atoms with E-state index in [1.165, 1.54) is 0 Å². The van der Waals surface area contributed by atoms with Gasteiger partial charge in [0.2, 0.25) is 0 Å². The summed E-state index contributed by atoms with van der Waals surface area (Å²) < 4.78 is 1.72. The zero-order chi connectivity index (χ0) is 17.8. The van der Waals surface area contributed by atoms with Crippen molar-refractivity contribution in [3.8, 4) is 11.3 Å². The molecule has 126 valence electrons. The number of hydrogen-bond acceptors (Lipinski definition) is 4. The van der Waals surface area contributed by atoms with E-state index in [9.17, 15) is 4.79 Å². The molecule has 4 nitrogen and oxygen atoms in total. The summed E-state index contributed by atoms with van der Waals surface area (Å²) in [6.45, 7) is 4.07. The number of thiazole rings is 1. The molecule has 26 heavy (non-hydrogen) atoms. The van der Waals surface area contributed by atoms with Crippen molar-refractivity contribution >= 4 is 38.1 Å². The summed E-state index contributed by atoms with van der Waals surface area (Å²) in [7, 11) is 0. The second kappa shape index (κ2) is 5.47. The zero-order valence-electron chi connectivity index (χ0n) is 14.4. The largest absolute Gasteiger partial charge is 0.268 e. The summed E-state index contributed by atoms with van der Waals surface area (Å²) in [5.41, 5.74) is 4.57. The predicted octanol–water partition coefficient (Wildman–Crippen LogP) is 4.74. The Morgan fingerprint density at radius 3 is 2.62 bits per heavy atom. The molecule has 0 spiro atoms. The first-order valence-electron chi connectivity index (χ1n) is 8.40. The third kappa shape index (κ3) is 2.10. The van der Waals surface area contributed by atoms with Gasteiger partial charge in [-0.15, -0.1) is 11.3 Å². The molecule has 0 aliphatic carbocycles. The standard InChI is InChI=1S/C21H15N3OS/c1-12-8-9-17-15(10-12)18-16(11-22-17)20(25)24-19(13(2)26-21(24)23-18)14-6-4-3-5-7-14/h3-11H,1-2H3. The van der Waals surface area contributed by atoms with Gasteiger partial charge >= 0.3 is 0 Å². The van der Waals surface area contributed by atoms with Gasteiger partial charge in [0.05, 0.1) is 22.1 Å². The predicted molar refractivity (Wildman–Crippen MR) is 107 cm³/mol. The molecule has 0 aliphatic rings. The van der Waals surface area contributed by atoms with Crippen molar-refractivity contribution in [2.45, 2.75) is 13.8 Å². The van der Waals surface area contributed by atoms with Crippen LogP contribution in [-0.2, 0) is 0 Å². The number of aryl methyl sites for hydroxylation is 2. The van der Waals surface area contributed by atoms with Gasteiger partial charge in [-0.2, -0.15) is 0 Å². The van der Waals surface area contributed by atoms with Crippen LogP contribution in [-0.4, -0.2) is 14.4 Å². The number of benzene rings is 2. The number of rotatable bonds is 1. The highest BCUT2D eigenvalue weighted by atomic mass is 32.1. The summed E-state index contributed by atoms with van der Waals surface area (Å²) in [5, 5.41) is 1.48. The van der Waals surface area contributed by atoms with E-state index < -0.39 is 0 Å². The van der Waals surface area contributed by atoms with Gasteiger partial charge in [-0.05, 0) is 31.5 Å². The van der Waals surface area contributed by atoms with Crippen molar-refractivity contribution in [1.82, 2.24) is 14.4 Å². The summed E-state index contributed by atoms with van der Waals surface area (Å²) >= 11 is 1.55. The number of aromatic nitrogens is 3. The van der Waals surface area contributed by atoms with E-state index in [0.717, 1.165) is 38.1 Å². The molecule has 0 bridgehead atoms. The second-order valence-electron chi connectivity index (χ2n) is 6.45. The van der Waals surface area contributed by atoms with Crippen LogP contribution in [0.2, 0.25) is 0 Å². The summed E-state index contributed by atoms with van der Waals surface area (Å²) in [5.74, 6) is 0. The molecule has 0 radical (unpaired) electrons. The normalized spacial score (nSPS) is 11.6. The number of hydrogen-bond donors (Lipinski definition) is 0. The summed E-state index contributed by atoms with van der Waals surface area (Å²) in [6.07, 6.45) is 1.65. The Balaban J connectivity index is 1.97. The van der Waals surface area contributed by atoms with Crippen molar-refractivity contribution in [2.24, 2.45) is 0 Å². The highest BCUT2D eigenvalue weighted by Gasteiger charge is 2.17. The molecule has 0 unspecified atom stereocenters. The molecule has 5 rings (SSSR count). The Morgan fingerprint density at radius 1 is 1.00 bits per heavy atom. The Bertz CT molecular complexity index is 1370. The Kier molecular flexibility index (Phi) is 3.21. The van der Waals surface area contributed by atoms with Gasteiger partial charge in [0.15, 0.2) is 4.96 Å². The van der Waals surface area contributed by atoms with Gasteiger partial charge in [-0.3, -0.25) is 14.2 Å². The molecule has 0 saturated heterocycles. The lowest BCUT2D eigenvalue weighted by atomic mass is 10.1. The third-order valence-electron chi connectivity index (χ3n) is 4.68. The fraction of sp³-hybridized carbons (Fsp3) is 0.0952. The number of pyridine rings is 1. The van der Waals surface area contributed by atoms with Crippen molar-refractivity contribution < 1.29 is 0 Å². The molecule has 0 N–H and O–H groups in total. The Labute approximate surface area is 153 Å². The van der Waals surface area contributed by atoms with E-state index in [1.54, 1.807) is 21.9 Å². The molecular formula is C21H15N3OS. The van der Waals surface area contributed by atoms with Crippen LogP contribution in [0.1, 0.15) is 10.4 Å². The maximum atomic E-state index is 13.3. The maximum Gasteiger partial charge on any atom is 0.268 e. The van der Waals surface area contributed by atoms with Crippen molar-refractivity contribution in [1.29, 1.82) is 0 Å². The van der Waals surface area contributed by atoms with Crippen LogP contribution in [0.5, 0.6) is 0 Å². The zero-order valence-corrected chi connectivity index (χ0v) is 15.2. The number of fused-ring (bicyclic) bond motifs is 4. The fourth-order valence-corrected chi connectivity index (χ4v) is 4.44. The van der Waals surface area contributed by atoms with Gasteiger partial charge in [0, 0.05) is 16.5 Å². The van der Waals surface area contributed by atoms with Crippen LogP contribution in [0.25, 0.3) is 38.0 Å². The van der Waals surface area contributed by atoms with Crippen LogP contribution in [0, 0.1) is 13.8 Å². The molecule has 2 aromatic carbocycles. The molecule has 0 fully saturated rings. The highest BCUT2D eigenvalue weighted by Crippen LogP contribution is 2.31. The van der Waals surface area contributed by atoms with E-state index in [0.29, 0.717) is 10.3 Å². The average molecular weight is 357 g/mol. The average Bonchev–Trinajstić information content (AvgIpc) is 2.99. The second-order valence-corrected chi connectivity index (χ2v) is 7.63. The monoisotopic (exact) mass is 357 g/mol. The van der Waals surface area contributed by atoms with E-state index in [-0.39, 0.29) is 5.56 Å². The lowest BCUT2D eigenvalue weighted by Gasteiger charge is -2.06. The first kappa shape index (κ1) is 15.2. The molecular weight excluding hydrogens is 342 g/mol. The van der Waals surface area contributed by atoms with E-state index in [4.69, 9.17) is 4.98 Å². The minimum Gasteiger partial charge on any atom is -0.268 e. The molecule has 0 aliphatic heterocycles. The third-order valence-corrected chi connectivity index (χ3v) is 5.63. The molecule has 0 atom stereocenters. The van der Waals surface area contributed by atoms with Crippen LogP contribution in [0.3, 0.4) is 0 Å². The molecule has 3 aromatic heterocycles. The SMILES string of the molecule is Cc1ccc2ncc3c(=O)n4c(-c5ccccc5)c(C)sc4nc3c2c1. The Hall–Kier alpha value is -3.05. The topological polar surface area (TPSA) is 47.3 Å². The lowest BCUT2D eigenvalue weighted by molar-refractivity contribution is 1.11. The van der Waals surface area contributed by atoms with E-state index in [2.05, 4.69) is 4.98 Å². The molecule has 0 amide bonds. The van der Waals surface area contributed by atoms with Crippen LogP contribution in [0.4, 0.5) is 0 Å². The minimum atomic E-state index is -0.0656. The van der Waals surface area contributed by atoms with Crippen LogP contribution >= 0.6 is 11.3 Å². The van der Waals surface area contributed by atoms with Gasteiger partial charge in [-0.25, -0.2) is 4.98 Å². The quantitative estimate of drug-likeness (QED) is 0.407. The van der Waals surface area contributed by atoms with Gasteiger partial charge in [0.1, 0.15) is 0 Å². The highest BCUT2D eigenvalue weighted by molar-refractivity contribution is 7.17. The van der Waals surface area contributed by atoms with Crippen molar-refractivity contribution in [3.05, 3.63) is 75.5 Å². The van der Waals surface area contributed by atoms with Crippen LogP contribution < -0.4 is 5.56 Å². The first-order chi connectivity index (χ1) is 12.6. The summed E-state index contributed by atoms with van der Waals surface area (Å²) in [6, 6.07) is 16.0. The number of nitrogens with zero attached hydrogens (tertiary/aromatic N) is 3. The van der Waals surface area contributed by atoms with Crippen molar-refractivity contribution in [2.75, 3.05) is 0 Å². The molecule has 5 aromatic rings. The molecule has 3 heterocycles. The van der Waals surface area contributed by atoms with Gasteiger partial charge < -0.3 is 0 Å². The van der Waals surface area contributed by atoms with Gasteiger partial charge in [-0.1, -0.05) is 42.0 Å². The Morgan fingerprint density at radius 2 is 1.81 bits per heavy atom. The van der Waals surface area contributed by atoms with Crippen LogP contribution in [0.15, 0.2) is 59.5 Å². The lowest BCUT2D eigenvalue weighted by Crippen LogP contribution is -2.15. The van der Waals surface area contributed by atoms with Gasteiger partial charge in [0.25, 0.3) is 5.56 Å².